The Morgan fingerprint density at radius 1 is 0.966 bits per heavy atom. The predicted octanol–water partition coefficient (Wildman–Crippen LogP) is 7.25. The summed E-state index contributed by atoms with van der Waals surface area (Å²) in [7, 11) is 0. The standard InChI is InChI=1S/C25H25ClFNO/c1-2-3-4-18-5-15-23(16-6-18)28-24(19-7-11-21(26)12-8-19)17-25(29)20-9-13-22(27)14-10-20/h5-16,24,28H,2-4,17H2,1H3/t24-/m1/s1. The van der Waals surface area contributed by atoms with E-state index in [1.165, 1.54) is 42.7 Å². The van der Waals surface area contributed by atoms with Crippen LogP contribution < -0.4 is 5.32 Å². The minimum atomic E-state index is -0.350. The highest BCUT2D eigenvalue weighted by Gasteiger charge is 2.17. The van der Waals surface area contributed by atoms with E-state index in [4.69, 9.17) is 11.6 Å². The molecule has 3 aromatic carbocycles. The van der Waals surface area contributed by atoms with Gasteiger partial charge in [0.25, 0.3) is 0 Å². The van der Waals surface area contributed by atoms with Crippen LogP contribution in [-0.4, -0.2) is 5.78 Å². The van der Waals surface area contributed by atoms with Gasteiger partial charge in [0.1, 0.15) is 5.82 Å². The maximum atomic E-state index is 13.2. The first kappa shape index (κ1) is 21.1. The van der Waals surface area contributed by atoms with E-state index < -0.39 is 0 Å². The van der Waals surface area contributed by atoms with Gasteiger partial charge in [-0.25, -0.2) is 4.39 Å². The Balaban J connectivity index is 1.78. The molecule has 0 heterocycles. The van der Waals surface area contributed by atoms with Gasteiger partial charge in [0.15, 0.2) is 5.78 Å². The lowest BCUT2D eigenvalue weighted by Gasteiger charge is -2.20. The molecule has 2 nitrogen and oxygen atoms in total. The van der Waals surface area contributed by atoms with Crippen molar-refractivity contribution in [3.05, 3.63) is 100 Å². The SMILES string of the molecule is CCCCc1ccc(N[C@H](CC(=O)c2ccc(F)cc2)c2ccc(Cl)cc2)cc1. The number of aryl methyl sites for hydroxylation is 1. The molecule has 1 atom stereocenters. The Morgan fingerprint density at radius 2 is 1.62 bits per heavy atom. The maximum absolute atomic E-state index is 13.2. The first-order chi connectivity index (χ1) is 14.0. The molecule has 0 aliphatic rings. The van der Waals surface area contributed by atoms with Crippen molar-refractivity contribution < 1.29 is 9.18 Å². The van der Waals surface area contributed by atoms with Crippen molar-refractivity contribution in [1.29, 1.82) is 0 Å². The van der Waals surface area contributed by atoms with Crippen molar-refractivity contribution in [2.24, 2.45) is 0 Å². The average Bonchev–Trinajstić information content (AvgIpc) is 2.74. The van der Waals surface area contributed by atoms with Crippen LogP contribution in [-0.2, 0) is 6.42 Å². The quantitative estimate of drug-likeness (QED) is 0.377. The van der Waals surface area contributed by atoms with Crippen molar-refractivity contribution >= 4 is 23.1 Å². The van der Waals surface area contributed by atoms with Gasteiger partial charge in [0, 0.05) is 22.7 Å². The molecule has 0 unspecified atom stereocenters. The smallest absolute Gasteiger partial charge is 0.165 e. The third-order valence-electron chi connectivity index (χ3n) is 4.94. The van der Waals surface area contributed by atoms with Crippen LogP contribution in [0, 0.1) is 5.82 Å². The zero-order chi connectivity index (χ0) is 20.6. The molecule has 0 saturated carbocycles. The third-order valence-corrected chi connectivity index (χ3v) is 5.19. The molecule has 0 bridgehead atoms. The van der Waals surface area contributed by atoms with E-state index in [1.54, 1.807) is 0 Å². The number of benzene rings is 3. The molecule has 0 aromatic heterocycles. The van der Waals surface area contributed by atoms with Gasteiger partial charge < -0.3 is 5.32 Å². The predicted molar refractivity (Wildman–Crippen MR) is 118 cm³/mol. The molecule has 0 spiro atoms. The van der Waals surface area contributed by atoms with Gasteiger partial charge in [-0.2, -0.15) is 0 Å². The van der Waals surface area contributed by atoms with Crippen molar-refractivity contribution in [1.82, 2.24) is 0 Å². The van der Waals surface area contributed by atoms with Crippen LogP contribution >= 0.6 is 11.6 Å². The highest BCUT2D eigenvalue weighted by atomic mass is 35.5. The summed E-state index contributed by atoms with van der Waals surface area (Å²) in [6, 6.07) is 21.3. The van der Waals surface area contributed by atoms with Crippen LogP contribution in [0.15, 0.2) is 72.8 Å². The van der Waals surface area contributed by atoms with Gasteiger partial charge >= 0.3 is 0 Å². The molecule has 4 heteroatoms. The summed E-state index contributed by atoms with van der Waals surface area (Å²) >= 11 is 6.03. The first-order valence-corrected chi connectivity index (χ1v) is 10.3. The van der Waals surface area contributed by atoms with E-state index in [2.05, 4.69) is 36.5 Å². The van der Waals surface area contributed by atoms with Crippen LogP contribution in [0.1, 0.15) is 53.7 Å². The second-order valence-electron chi connectivity index (χ2n) is 7.18. The largest absolute Gasteiger partial charge is 0.378 e. The number of rotatable bonds is 9. The van der Waals surface area contributed by atoms with Crippen LogP contribution in [0.3, 0.4) is 0 Å². The molecule has 0 aliphatic carbocycles. The Hall–Kier alpha value is -2.65. The fourth-order valence-electron chi connectivity index (χ4n) is 3.24. The molecular weight excluding hydrogens is 385 g/mol. The fourth-order valence-corrected chi connectivity index (χ4v) is 3.36. The molecule has 3 rings (SSSR count). The van der Waals surface area contributed by atoms with Gasteiger partial charge in [-0.05, 0) is 72.5 Å². The zero-order valence-corrected chi connectivity index (χ0v) is 17.3. The van der Waals surface area contributed by atoms with Gasteiger partial charge in [-0.3, -0.25) is 4.79 Å². The summed E-state index contributed by atoms with van der Waals surface area (Å²) in [6.07, 6.45) is 3.67. The summed E-state index contributed by atoms with van der Waals surface area (Å²) < 4.78 is 13.2. The van der Waals surface area contributed by atoms with Crippen LogP contribution in [0.4, 0.5) is 10.1 Å². The molecule has 0 saturated heterocycles. The molecule has 0 aliphatic heterocycles. The molecule has 150 valence electrons. The van der Waals surface area contributed by atoms with Crippen LogP contribution in [0.2, 0.25) is 5.02 Å². The zero-order valence-electron chi connectivity index (χ0n) is 16.5. The summed E-state index contributed by atoms with van der Waals surface area (Å²) in [5, 5.41) is 4.12. The van der Waals surface area contributed by atoms with Gasteiger partial charge in [0.05, 0.1) is 6.04 Å². The van der Waals surface area contributed by atoms with Crippen LogP contribution in [0.25, 0.3) is 0 Å². The highest BCUT2D eigenvalue weighted by molar-refractivity contribution is 6.30. The number of hydrogen-bond acceptors (Lipinski definition) is 2. The number of unbranched alkanes of at least 4 members (excludes halogenated alkanes) is 1. The lowest BCUT2D eigenvalue weighted by Crippen LogP contribution is -2.16. The van der Waals surface area contributed by atoms with Crippen molar-refractivity contribution in [3.63, 3.8) is 0 Å². The first-order valence-electron chi connectivity index (χ1n) is 9.95. The third kappa shape index (κ3) is 6.16. The maximum Gasteiger partial charge on any atom is 0.165 e. The van der Waals surface area contributed by atoms with Crippen LogP contribution in [0.5, 0.6) is 0 Å². The molecule has 0 fully saturated rings. The minimum Gasteiger partial charge on any atom is -0.378 e. The highest BCUT2D eigenvalue weighted by Crippen LogP contribution is 2.26. The van der Waals surface area contributed by atoms with E-state index in [-0.39, 0.29) is 24.1 Å². The van der Waals surface area contributed by atoms with E-state index in [1.807, 2.05) is 24.3 Å². The van der Waals surface area contributed by atoms with Crippen molar-refractivity contribution in [2.75, 3.05) is 5.32 Å². The molecule has 1 N–H and O–H groups in total. The second kappa shape index (κ2) is 10.2. The monoisotopic (exact) mass is 409 g/mol. The molecular formula is C25H25ClFNO. The number of anilines is 1. The van der Waals surface area contributed by atoms with E-state index in [0.717, 1.165) is 17.7 Å². The summed E-state index contributed by atoms with van der Waals surface area (Å²) in [4.78, 5) is 12.8. The number of ketones is 1. The summed E-state index contributed by atoms with van der Waals surface area (Å²) in [5.74, 6) is -0.394. The van der Waals surface area contributed by atoms with Gasteiger partial charge in [-0.15, -0.1) is 0 Å². The minimum absolute atomic E-state index is 0.0444. The molecule has 29 heavy (non-hydrogen) atoms. The Morgan fingerprint density at radius 3 is 2.24 bits per heavy atom. The topological polar surface area (TPSA) is 29.1 Å². The molecule has 3 aromatic rings. The fraction of sp³-hybridized carbons (Fsp3) is 0.240. The van der Waals surface area contributed by atoms with E-state index >= 15 is 0 Å². The Kier molecular flexibility index (Phi) is 7.42. The second-order valence-corrected chi connectivity index (χ2v) is 7.62. The summed E-state index contributed by atoms with van der Waals surface area (Å²) in [5.41, 5.74) is 3.74. The Labute approximate surface area is 176 Å². The van der Waals surface area contributed by atoms with Gasteiger partial charge in [-0.1, -0.05) is 49.2 Å². The van der Waals surface area contributed by atoms with Crippen molar-refractivity contribution in [3.8, 4) is 0 Å². The lowest BCUT2D eigenvalue weighted by atomic mass is 9.97. The van der Waals surface area contributed by atoms with Crippen molar-refractivity contribution in [2.45, 2.75) is 38.6 Å². The molecule has 0 radical (unpaired) electrons. The number of halogens is 2. The van der Waals surface area contributed by atoms with E-state index in [0.29, 0.717) is 10.6 Å². The van der Waals surface area contributed by atoms with Gasteiger partial charge in [0.2, 0.25) is 0 Å². The normalized spacial score (nSPS) is 11.8. The van der Waals surface area contributed by atoms with E-state index in [9.17, 15) is 9.18 Å². The molecule has 0 amide bonds. The number of Topliss-reactive ketones (excluding diaryl/α,β-unsaturated/α-hetero) is 1. The number of carbonyl (C=O) groups is 1. The summed E-state index contributed by atoms with van der Waals surface area (Å²) in [6.45, 7) is 2.19. The number of nitrogens with one attached hydrogen (secondary N) is 1. The average molecular weight is 410 g/mol. The Bertz CT molecular complexity index is 921. The number of carbonyl (C=O) groups excluding carboxylic acids is 1. The lowest BCUT2D eigenvalue weighted by molar-refractivity contribution is 0.0976. The number of hydrogen-bond donors (Lipinski definition) is 1.